The molecule has 0 aliphatic carbocycles. The van der Waals surface area contributed by atoms with Crippen molar-refractivity contribution in [3.8, 4) is 17.2 Å². The lowest BCUT2D eigenvalue weighted by atomic mass is 9.84. The van der Waals surface area contributed by atoms with Crippen molar-refractivity contribution in [3.05, 3.63) is 36.2 Å². The zero-order valence-corrected chi connectivity index (χ0v) is 25.8. The van der Waals surface area contributed by atoms with E-state index >= 15 is 0 Å². The van der Waals surface area contributed by atoms with E-state index in [4.69, 9.17) is 14.2 Å². The number of carbonyl (C=O) groups excluding carboxylic acids is 1. The van der Waals surface area contributed by atoms with Crippen LogP contribution < -0.4 is 14.2 Å². The van der Waals surface area contributed by atoms with Crippen LogP contribution >= 0.6 is 0 Å². The first kappa shape index (κ1) is 31.6. The summed E-state index contributed by atoms with van der Waals surface area (Å²) in [6, 6.07) is 5.23. The topological polar surface area (TPSA) is 106 Å². The number of carboxylic acid groups (broad SMARTS) is 1. The van der Waals surface area contributed by atoms with Crippen LogP contribution in [0.15, 0.2) is 30.6 Å². The fourth-order valence-electron chi connectivity index (χ4n) is 6.12. The maximum Gasteiger partial charge on any atom is 0.308 e. The fourth-order valence-corrected chi connectivity index (χ4v) is 6.12. The normalized spacial score (nSPS) is 20.2. The molecule has 1 fully saturated rings. The van der Waals surface area contributed by atoms with Gasteiger partial charge in [0, 0.05) is 50.5 Å². The van der Waals surface area contributed by atoms with Crippen molar-refractivity contribution in [2.24, 2.45) is 5.92 Å². The van der Waals surface area contributed by atoms with E-state index in [2.05, 4.69) is 38.1 Å². The lowest BCUT2D eigenvalue weighted by Gasteiger charge is -2.30. The molecule has 0 bridgehead atoms. The number of fused-ring (bicyclic) bond motifs is 1. The van der Waals surface area contributed by atoms with Gasteiger partial charge < -0.3 is 28.7 Å². The lowest BCUT2D eigenvalue weighted by Crippen LogP contribution is -2.45. The van der Waals surface area contributed by atoms with E-state index in [0.717, 1.165) is 55.4 Å². The number of amides is 1. The number of aryl methyl sites for hydroxylation is 1. The van der Waals surface area contributed by atoms with Crippen LogP contribution in [0.5, 0.6) is 17.2 Å². The van der Waals surface area contributed by atoms with Gasteiger partial charge in [0.15, 0.2) is 11.5 Å². The van der Waals surface area contributed by atoms with Gasteiger partial charge in [0.2, 0.25) is 18.4 Å². The minimum absolute atomic E-state index is 0.0610. The van der Waals surface area contributed by atoms with Crippen molar-refractivity contribution >= 4 is 11.9 Å². The third-order valence-electron chi connectivity index (χ3n) is 8.34. The molecule has 1 aromatic carbocycles. The van der Waals surface area contributed by atoms with Crippen molar-refractivity contribution in [1.82, 2.24) is 19.6 Å². The van der Waals surface area contributed by atoms with Gasteiger partial charge in [-0.2, -0.15) is 5.10 Å². The molecule has 0 saturated carbocycles. The fraction of sp³-hybridized carbons (Fsp3) is 0.645. The van der Waals surface area contributed by atoms with E-state index in [9.17, 15) is 14.7 Å². The first-order valence-corrected chi connectivity index (χ1v) is 15.1. The summed E-state index contributed by atoms with van der Waals surface area (Å²) in [5.74, 6) is -0.277. The summed E-state index contributed by atoms with van der Waals surface area (Å²) in [5, 5.41) is 14.9. The molecule has 1 saturated heterocycles. The molecule has 0 radical (unpaired) electrons. The molecule has 232 valence electrons. The summed E-state index contributed by atoms with van der Waals surface area (Å²) in [4.78, 5) is 30.7. The minimum Gasteiger partial charge on any atom is -0.493 e. The van der Waals surface area contributed by atoms with Gasteiger partial charge in [0.25, 0.3) is 0 Å². The van der Waals surface area contributed by atoms with E-state index in [-0.39, 0.29) is 31.2 Å². The molecule has 2 aliphatic rings. The molecule has 1 amide bonds. The Morgan fingerprint density at radius 1 is 1.17 bits per heavy atom. The van der Waals surface area contributed by atoms with Crippen LogP contribution in [-0.2, 0) is 16.1 Å². The molecular formula is C31H48N5O6+. The van der Waals surface area contributed by atoms with Crippen molar-refractivity contribution in [2.45, 2.75) is 57.5 Å². The maximum atomic E-state index is 13.8. The van der Waals surface area contributed by atoms with Gasteiger partial charge in [-0.25, -0.2) is 0 Å². The number of nitrogens with zero attached hydrogens (tertiary/aromatic N) is 5. The monoisotopic (exact) mass is 586 g/mol. The number of benzene rings is 1. The smallest absolute Gasteiger partial charge is 0.308 e. The number of likely N-dealkylation sites (tertiary alicyclic amines) is 1. The molecule has 4 rings (SSSR count). The van der Waals surface area contributed by atoms with Gasteiger partial charge in [-0.15, -0.1) is 0 Å². The Balaban J connectivity index is 1.57. The molecule has 2 aliphatic heterocycles. The third-order valence-corrected chi connectivity index (χ3v) is 8.34. The summed E-state index contributed by atoms with van der Waals surface area (Å²) in [5.41, 5.74) is 0.811. The van der Waals surface area contributed by atoms with Crippen LogP contribution in [0.25, 0.3) is 0 Å². The summed E-state index contributed by atoms with van der Waals surface area (Å²) in [6.07, 6.45) is 8.10. The van der Waals surface area contributed by atoms with E-state index in [0.29, 0.717) is 36.8 Å². The molecule has 0 spiro atoms. The second-order valence-corrected chi connectivity index (χ2v) is 12.4. The number of carbonyl (C=O) groups is 2. The number of aliphatic carboxylic acids is 1. The second-order valence-electron chi connectivity index (χ2n) is 12.4. The highest BCUT2D eigenvalue weighted by molar-refractivity contribution is 5.79. The van der Waals surface area contributed by atoms with Crippen LogP contribution in [0.1, 0.15) is 50.5 Å². The Bertz CT molecular complexity index is 1180. The van der Waals surface area contributed by atoms with Crippen LogP contribution in [0.3, 0.4) is 0 Å². The van der Waals surface area contributed by atoms with Gasteiger partial charge in [-0.3, -0.25) is 19.2 Å². The minimum atomic E-state index is -0.875. The largest absolute Gasteiger partial charge is 0.493 e. The average Bonchev–Trinajstić information content (AvgIpc) is 3.70. The highest BCUT2D eigenvalue weighted by Gasteiger charge is 2.47. The second kappa shape index (κ2) is 14.2. The Labute approximate surface area is 249 Å². The predicted molar refractivity (Wildman–Crippen MR) is 159 cm³/mol. The van der Waals surface area contributed by atoms with E-state index in [1.54, 1.807) is 13.3 Å². The van der Waals surface area contributed by atoms with Crippen molar-refractivity contribution < 1.29 is 33.4 Å². The molecular weight excluding hydrogens is 538 g/mol. The number of quaternary nitrogens is 1. The van der Waals surface area contributed by atoms with Gasteiger partial charge in [0.1, 0.15) is 0 Å². The predicted octanol–water partition coefficient (Wildman–Crippen LogP) is 3.29. The quantitative estimate of drug-likeness (QED) is 0.236. The third kappa shape index (κ3) is 7.95. The van der Waals surface area contributed by atoms with Crippen LogP contribution in [0.2, 0.25) is 0 Å². The number of carboxylic acids is 1. The SMILES string of the molecule is CCCCN(CCCC[N+](C)(C)C)C(=O)CN1CC(c2cc(OC)c3c(c2)OCO3)C(C(=O)O)C1CCn1cccn1. The molecule has 11 heteroatoms. The van der Waals surface area contributed by atoms with Crippen molar-refractivity contribution in [2.75, 3.05) is 67.8 Å². The molecule has 3 unspecified atom stereocenters. The van der Waals surface area contributed by atoms with Gasteiger partial charge in [-0.1, -0.05) is 13.3 Å². The molecule has 42 heavy (non-hydrogen) atoms. The van der Waals surface area contributed by atoms with Gasteiger partial charge >= 0.3 is 5.97 Å². The Hall–Kier alpha value is -3.31. The Kier molecular flexibility index (Phi) is 10.7. The zero-order chi connectivity index (χ0) is 30.3. The number of ether oxygens (including phenoxy) is 3. The Morgan fingerprint density at radius 2 is 1.95 bits per heavy atom. The average molecular weight is 587 g/mol. The highest BCUT2D eigenvalue weighted by atomic mass is 16.7. The molecule has 2 aromatic rings. The van der Waals surface area contributed by atoms with Gasteiger partial charge in [-0.05, 0) is 49.4 Å². The molecule has 11 nitrogen and oxygen atoms in total. The van der Waals surface area contributed by atoms with Crippen molar-refractivity contribution in [3.63, 3.8) is 0 Å². The number of rotatable bonds is 16. The molecule has 1 N–H and O–H groups in total. The molecule has 3 heterocycles. The summed E-state index contributed by atoms with van der Waals surface area (Å²) >= 11 is 0. The number of hydrogen-bond donors (Lipinski definition) is 1. The number of methoxy groups -OCH3 is 1. The number of aromatic nitrogens is 2. The standard InChI is InChI=1S/C31H47N5O6/c1-6-7-13-33(14-8-9-17-36(2,3)4)28(37)21-34-20-24(23-18-26(40-5)30-27(19-23)41-22-42-30)29(31(38)39)25(34)11-16-35-15-10-12-32-35/h10,12,15,18-19,24-25,29H,6-9,11,13-14,16-17,20-22H2,1-5H3/p+1. The van der Waals surface area contributed by atoms with Crippen LogP contribution in [-0.4, -0.2) is 115 Å². The van der Waals surface area contributed by atoms with Crippen LogP contribution in [0, 0.1) is 5.92 Å². The number of unbranched alkanes of at least 4 members (excludes halogenated alkanes) is 2. The van der Waals surface area contributed by atoms with E-state index < -0.39 is 11.9 Å². The van der Waals surface area contributed by atoms with Crippen LogP contribution in [0.4, 0.5) is 0 Å². The highest BCUT2D eigenvalue weighted by Crippen LogP contribution is 2.47. The zero-order valence-electron chi connectivity index (χ0n) is 25.8. The summed E-state index contributed by atoms with van der Waals surface area (Å²) in [7, 11) is 8.11. The first-order chi connectivity index (χ1) is 20.1. The molecule has 1 aromatic heterocycles. The number of hydrogen-bond acceptors (Lipinski definition) is 7. The van der Waals surface area contributed by atoms with Crippen molar-refractivity contribution in [1.29, 1.82) is 0 Å². The van der Waals surface area contributed by atoms with Gasteiger partial charge in [0.05, 0.1) is 47.3 Å². The summed E-state index contributed by atoms with van der Waals surface area (Å²) < 4.78 is 19.5. The summed E-state index contributed by atoms with van der Waals surface area (Å²) in [6.45, 7) is 5.91. The van der Waals surface area contributed by atoms with E-state index in [1.807, 2.05) is 34.0 Å². The Morgan fingerprint density at radius 3 is 2.62 bits per heavy atom. The lowest BCUT2D eigenvalue weighted by molar-refractivity contribution is -0.870. The molecule has 3 atom stereocenters. The maximum absolute atomic E-state index is 13.8. The first-order valence-electron chi connectivity index (χ1n) is 15.1. The van der Waals surface area contributed by atoms with E-state index in [1.165, 1.54) is 0 Å².